The molecule has 3 N–H and O–H groups in total. The average Bonchev–Trinajstić information content (AvgIpc) is 2.91. The summed E-state index contributed by atoms with van der Waals surface area (Å²) in [7, 11) is 1.83. The molecule has 1 saturated heterocycles. The van der Waals surface area contributed by atoms with Crippen LogP contribution < -0.4 is 10.6 Å². The number of β-amino-alcohol motifs (C(OH)–C–C–N with tert-alkyl or cyclic N) is 1. The number of piperidine rings is 1. The Morgan fingerprint density at radius 3 is 2.82 bits per heavy atom. The number of nitrogens with one attached hydrogen (secondary N) is 2. The van der Waals surface area contributed by atoms with Gasteiger partial charge in [-0.1, -0.05) is 6.92 Å². The van der Waals surface area contributed by atoms with Crippen molar-refractivity contribution in [1.82, 2.24) is 25.3 Å². The summed E-state index contributed by atoms with van der Waals surface area (Å²) in [5.41, 5.74) is 0.945. The Morgan fingerprint density at radius 1 is 1.45 bits per heavy atom. The van der Waals surface area contributed by atoms with Gasteiger partial charge in [0.25, 0.3) is 0 Å². The molecule has 0 saturated carbocycles. The lowest BCUT2D eigenvalue weighted by Crippen LogP contribution is -2.45. The Balaban J connectivity index is 1.59. The van der Waals surface area contributed by atoms with Gasteiger partial charge in [0.2, 0.25) is 0 Å². The van der Waals surface area contributed by atoms with Crippen molar-refractivity contribution in [3.05, 3.63) is 18.0 Å². The number of likely N-dealkylation sites (tertiary alicyclic amines) is 1. The molecule has 0 spiro atoms. The average molecular weight is 309 g/mol. The lowest BCUT2D eigenvalue weighted by molar-refractivity contribution is 0.0920. The molecular weight excluding hydrogens is 282 g/mol. The third kappa shape index (κ3) is 5.65. The van der Waals surface area contributed by atoms with Gasteiger partial charge in [-0.05, 0) is 31.8 Å². The molecule has 0 bridgehead atoms. The van der Waals surface area contributed by atoms with E-state index in [-0.39, 0.29) is 12.6 Å². The molecular formula is C15H27N5O2. The van der Waals surface area contributed by atoms with Crippen molar-refractivity contribution < 1.29 is 9.90 Å². The van der Waals surface area contributed by atoms with Gasteiger partial charge in [0.1, 0.15) is 0 Å². The lowest BCUT2D eigenvalue weighted by Gasteiger charge is -2.31. The molecule has 0 radical (unpaired) electrons. The fourth-order valence-electron chi connectivity index (χ4n) is 2.63. The van der Waals surface area contributed by atoms with Crippen LogP contribution in [0.5, 0.6) is 0 Å². The Kier molecular flexibility index (Phi) is 6.21. The summed E-state index contributed by atoms with van der Waals surface area (Å²) < 4.78 is 1.69. The van der Waals surface area contributed by atoms with E-state index in [1.807, 2.05) is 13.2 Å². The number of aryl methyl sites for hydroxylation is 1. The first kappa shape index (κ1) is 16.8. The van der Waals surface area contributed by atoms with Gasteiger partial charge in [-0.25, -0.2) is 4.79 Å². The summed E-state index contributed by atoms with van der Waals surface area (Å²) in [5, 5.41) is 19.5. The summed E-state index contributed by atoms with van der Waals surface area (Å²) in [6, 6.07) is -0.268. The summed E-state index contributed by atoms with van der Waals surface area (Å²) >= 11 is 0. The van der Waals surface area contributed by atoms with Crippen molar-refractivity contribution >= 4 is 6.03 Å². The number of hydrogen-bond acceptors (Lipinski definition) is 4. The first-order valence-corrected chi connectivity index (χ1v) is 7.92. The van der Waals surface area contributed by atoms with E-state index in [9.17, 15) is 9.90 Å². The molecule has 1 aromatic heterocycles. The maximum absolute atomic E-state index is 11.7. The fourth-order valence-corrected chi connectivity index (χ4v) is 2.63. The molecule has 2 rings (SSSR count). The number of amides is 2. The number of rotatable bonds is 6. The molecule has 7 nitrogen and oxygen atoms in total. The normalized spacial score (nSPS) is 18.1. The van der Waals surface area contributed by atoms with E-state index < -0.39 is 6.10 Å². The largest absolute Gasteiger partial charge is 0.390 e. The zero-order valence-corrected chi connectivity index (χ0v) is 13.5. The van der Waals surface area contributed by atoms with Crippen LogP contribution in [0.25, 0.3) is 0 Å². The van der Waals surface area contributed by atoms with Crippen LogP contribution in [0.4, 0.5) is 4.79 Å². The predicted molar refractivity (Wildman–Crippen MR) is 84.3 cm³/mol. The van der Waals surface area contributed by atoms with Crippen molar-refractivity contribution in [3.8, 4) is 0 Å². The Bertz CT molecular complexity index is 468. The third-order valence-corrected chi connectivity index (χ3v) is 4.05. The molecule has 1 aliphatic rings. The second-order valence-electron chi connectivity index (χ2n) is 6.22. The molecule has 1 aromatic rings. The number of carbonyl (C=O) groups excluding carboxylic acids is 1. The minimum absolute atomic E-state index is 0.268. The molecule has 1 aliphatic heterocycles. The quantitative estimate of drug-likeness (QED) is 0.706. The van der Waals surface area contributed by atoms with Gasteiger partial charge in [0.05, 0.1) is 12.3 Å². The topological polar surface area (TPSA) is 82.4 Å². The molecule has 1 atom stereocenters. The SMILES string of the molecule is CC1CCN(CC(O)CNC(=O)NCc2cnn(C)c2)CC1. The van der Waals surface area contributed by atoms with E-state index in [4.69, 9.17) is 0 Å². The minimum atomic E-state index is -0.530. The van der Waals surface area contributed by atoms with Gasteiger partial charge >= 0.3 is 6.03 Å². The highest BCUT2D eigenvalue weighted by Gasteiger charge is 2.18. The van der Waals surface area contributed by atoms with E-state index >= 15 is 0 Å². The van der Waals surface area contributed by atoms with Gasteiger partial charge in [-0.3, -0.25) is 4.68 Å². The fraction of sp³-hybridized carbons (Fsp3) is 0.733. The summed E-state index contributed by atoms with van der Waals surface area (Å²) in [6.45, 7) is 5.65. The Hall–Kier alpha value is -1.60. The van der Waals surface area contributed by atoms with Crippen molar-refractivity contribution in [2.45, 2.75) is 32.4 Å². The number of aliphatic hydroxyl groups is 1. The van der Waals surface area contributed by atoms with Crippen LogP contribution in [0.15, 0.2) is 12.4 Å². The van der Waals surface area contributed by atoms with Gasteiger partial charge in [0, 0.05) is 38.4 Å². The van der Waals surface area contributed by atoms with E-state index in [1.54, 1.807) is 10.9 Å². The first-order chi connectivity index (χ1) is 10.5. The van der Waals surface area contributed by atoms with Crippen LogP contribution in [0.2, 0.25) is 0 Å². The highest BCUT2D eigenvalue weighted by Crippen LogP contribution is 2.15. The van der Waals surface area contributed by atoms with Crippen LogP contribution in [-0.2, 0) is 13.6 Å². The first-order valence-electron chi connectivity index (χ1n) is 7.92. The van der Waals surface area contributed by atoms with Crippen molar-refractivity contribution in [1.29, 1.82) is 0 Å². The van der Waals surface area contributed by atoms with E-state index in [0.29, 0.717) is 13.1 Å². The van der Waals surface area contributed by atoms with Gasteiger partial charge in [-0.15, -0.1) is 0 Å². The Labute approximate surface area is 131 Å². The van der Waals surface area contributed by atoms with Gasteiger partial charge in [-0.2, -0.15) is 5.10 Å². The molecule has 2 amide bonds. The molecule has 1 fully saturated rings. The second-order valence-corrected chi connectivity index (χ2v) is 6.22. The van der Waals surface area contributed by atoms with E-state index in [0.717, 1.165) is 24.6 Å². The van der Waals surface area contributed by atoms with E-state index in [2.05, 4.69) is 27.6 Å². The van der Waals surface area contributed by atoms with Gasteiger partial charge in [0.15, 0.2) is 0 Å². The summed E-state index contributed by atoms with van der Waals surface area (Å²) in [4.78, 5) is 14.0. The monoisotopic (exact) mass is 309 g/mol. The van der Waals surface area contributed by atoms with Crippen molar-refractivity contribution in [3.63, 3.8) is 0 Å². The maximum atomic E-state index is 11.7. The predicted octanol–water partition coefficient (Wildman–Crippen LogP) is 0.312. The number of aliphatic hydroxyl groups excluding tert-OH is 1. The Morgan fingerprint density at radius 2 is 2.18 bits per heavy atom. The second kappa shape index (κ2) is 8.14. The summed E-state index contributed by atoms with van der Waals surface area (Å²) in [6.07, 6.45) is 5.41. The van der Waals surface area contributed by atoms with Crippen molar-refractivity contribution in [2.24, 2.45) is 13.0 Å². The molecule has 2 heterocycles. The van der Waals surface area contributed by atoms with Crippen molar-refractivity contribution in [2.75, 3.05) is 26.2 Å². The van der Waals surface area contributed by atoms with Crippen LogP contribution in [0.1, 0.15) is 25.3 Å². The van der Waals surface area contributed by atoms with Crippen LogP contribution in [0.3, 0.4) is 0 Å². The highest BCUT2D eigenvalue weighted by molar-refractivity contribution is 5.73. The maximum Gasteiger partial charge on any atom is 0.315 e. The number of hydrogen-bond donors (Lipinski definition) is 3. The number of urea groups is 1. The smallest absolute Gasteiger partial charge is 0.315 e. The van der Waals surface area contributed by atoms with Crippen LogP contribution in [0, 0.1) is 5.92 Å². The molecule has 22 heavy (non-hydrogen) atoms. The lowest BCUT2D eigenvalue weighted by atomic mass is 9.99. The number of aromatic nitrogens is 2. The summed E-state index contributed by atoms with van der Waals surface area (Å²) in [5.74, 6) is 0.782. The number of carbonyl (C=O) groups is 1. The molecule has 0 aromatic carbocycles. The zero-order valence-electron chi connectivity index (χ0n) is 13.5. The standard InChI is InChI=1S/C15H27N5O2/c1-12-3-5-20(6-4-12)11-14(21)9-17-15(22)16-7-13-8-18-19(2)10-13/h8,10,12,14,21H,3-7,9,11H2,1-2H3,(H2,16,17,22). The molecule has 124 valence electrons. The minimum Gasteiger partial charge on any atom is -0.390 e. The molecule has 7 heteroatoms. The molecule has 0 aliphatic carbocycles. The zero-order chi connectivity index (χ0) is 15.9. The highest BCUT2D eigenvalue weighted by atomic mass is 16.3. The van der Waals surface area contributed by atoms with E-state index in [1.165, 1.54) is 12.8 Å². The van der Waals surface area contributed by atoms with Crippen LogP contribution in [-0.4, -0.2) is 58.1 Å². The number of nitrogens with zero attached hydrogens (tertiary/aromatic N) is 3. The molecule has 1 unspecified atom stereocenters. The van der Waals surface area contributed by atoms with Crippen LogP contribution >= 0.6 is 0 Å². The van der Waals surface area contributed by atoms with Gasteiger partial charge < -0.3 is 20.6 Å². The third-order valence-electron chi connectivity index (χ3n) is 4.05.